The Morgan fingerprint density at radius 1 is 1.45 bits per heavy atom. The first-order valence-electron chi connectivity index (χ1n) is 7.13. The molecule has 0 aromatic carbocycles. The van der Waals surface area contributed by atoms with Gasteiger partial charge in [-0.05, 0) is 34.7 Å². The van der Waals surface area contributed by atoms with Crippen molar-refractivity contribution in [2.45, 2.75) is 40.2 Å². The average Bonchev–Trinajstić information content (AvgIpc) is 2.41. The molecule has 0 atom stereocenters. The van der Waals surface area contributed by atoms with Gasteiger partial charge >= 0.3 is 0 Å². The van der Waals surface area contributed by atoms with Crippen molar-refractivity contribution in [3.63, 3.8) is 0 Å². The predicted octanol–water partition coefficient (Wildman–Crippen LogP) is 2.89. The van der Waals surface area contributed by atoms with E-state index in [4.69, 9.17) is 4.74 Å². The topological polar surface area (TPSA) is 56.1 Å². The molecule has 1 heterocycles. The molecule has 0 bridgehead atoms. The lowest BCUT2D eigenvalue weighted by molar-refractivity contribution is 0.132. The van der Waals surface area contributed by atoms with Crippen LogP contribution in [-0.4, -0.2) is 29.5 Å². The van der Waals surface area contributed by atoms with Gasteiger partial charge in [0.05, 0.1) is 18.5 Å². The molecule has 0 saturated heterocycles. The molecule has 1 aromatic rings. The van der Waals surface area contributed by atoms with E-state index >= 15 is 0 Å². The molecular formula is C14H24BrN3O2. The van der Waals surface area contributed by atoms with Crippen LogP contribution < -0.4 is 10.9 Å². The lowest BCUT2D eigenvalue weighted by Crippen LogP contribution is -2.25. The largest absolute Gasteiger partial charge is 0.380 e. The van der Waals surface area contributed by atoms with Gasteiger partial charge in [0.15, 0.2) is 0 Å². The molecular weight excluding hydrogens is 322 g/mol. The first-order valence-corrected chi connectivity index (χ1v) is 7.92. The van der Waals surface area contributed by atoms with E-state index in [0.29, 0.717) is 30.1 Å². The van der Waals surface area contributed by atoms with Gasteiger partial charge in [-0.3, -0.25) is 4.79 Å². The molecule has 0 spiro atoms. The van der Waals surface area contributed by atoms with Gasteiger partial charge in [0.2, 0.25) is 0 Å². The summed E-state index contributed by atoms with van der Waals surface area (Å²) in [6, 6.07) is 0. The molecule has 0 amide bonds. The Bertz CT molecular complexity index is 460. The minimum absolute atomic E-state index is 0.0995. The summed E-state index contributed by atoms with van der Waals surface area (Å²) in [6.45, 7) is 9.06. The van der Waals surface area contributed by atoms with E-state index in [0.717, 1.165) is 25.1 Å². The van der Waals surface area contributed by atoms with Crippen LogP contribution >= 0.6 is 15.9 Å². The highest BCUT2D eigenvalue weighted by molar-refractivity contribution is 9.10. The average molecular weight is 346 g/mol. The standard InChI is InChI=1S/C14H24BrN3O2/c1-4-7-18-14(19)13(15)12(10-17-18)16-6-9-20-8-5-11(2)3/h10-11,16H,4-9H2,1-3H3. The molecule has 0 aliphatic heterocycles. The molecule has 20 heavy (non-hydrogen) atoms. The van der Waals surface area contributed by atoms with Crippen molar-refractivity contribution in [3.8, 4) is 0 Å². The minimum Gasteiger partial charge on any atom is -0.380 e. The zero-order valence-corrected chi connectivity index (χ0v) is 14.1. The van der Waals surface area contributed by atoms with Crippen molar-refractivity contribution in [1.29, 1.82) is 0 Å². The zero-order chi connectivity index (χ0) is 15.0. The molecule has 1 aromatic heterocycles. The number of nitrogens with one attached hydrogen (secondary N) is 1. The summed E-state index contributed by atoms with van der Waals surface area (Å²) in [4.78, 5) is 12.0. The lowest BCUT2D eigenvalue weighted by atomic mass is 10.1. The fourth-order valence-electron chi connectivity index (χ4n) is 1.64. The molecule has 0 radical (unpaired) electrons. The number of rotatable bonds is 9. The third kappa shape index (κ3) is 5.63. The maximum absolute atomic E-state index is 12.0. The Hall–Kier alpha value is -0.880. The number of hydrogen-bond acceptors (Lipinski definition) is 4. The van der Waals surface area contributed by atoms with Crippen molar-refractivity contribution in [1.82, 2.24) is 9.78 Å². The maximum atomic E-state index is 12.0. The Morgan fingerprint density at radius 2 is 2.20 bits per heavy atom. The molecule has 1 N–H and O–H groups in total. The predicted molar refractivity (Wildman–Crippen MR) is 85.3 cm³/mol. The summed E-state index contributed by atoms with van der Waals surface area (Å²) in [5, 5.41) is 7.30. The quantitative estimate of drug-likeness (QED) is 0.699. The van der Waals surface area contributed by atoms with Crippen molar-refractivity contribution in [2.24, 2.45) is 5.92 Å². The molecule has 0 unspecified atom stereocenters. The van der Waals surface area contributed by atoms with E-state index in [2.05, 4.69) is 40.2 Å². The van der Waals surface area contributed by atoms with Crippen molar-refractivity contribution in [3.05, 3.63) is 21.0 Å². The van der Waals surface area contributed by atoms with Crippen molar-refractivity contribution >= 4 is 21.6 Å². The van der Waals surface area contributed by atoms with Crippen LogP contribution in [-0.2, 0) is 11.3 Å². The highest BCUT2D eigenvalue weighted by atomic mass is 79.9. The number of anilines is 1. The summed E-state index contributed by atoms with van der Waals surface area (Å²) in [6.07, 6.45) is 3.63. The first-order chi connectivity index (χ1) is 9.56. The van der Waals surface area contributed by atoms with Gasteiger partial charge in [-0.2, -0.15) is 5.10 Å². The van der Waals surface area contributed by atoms with Gasteiger partial charge in [0, 0.05) is 19.7 Å². The fourth-order valence-corrected chi connectivity index (χ4v) is 2.09. The van der Waals surface area contributed by atoms with E-state index in [1.807, 2.05) is 6.92 Å². The number of halogens is 1. The lowest BCUT2D eigenvalue weighted by Gasteiger charge is -2.11. The fraction of sp³-hybridized carbons (Fsp3) is 0.714. The van der Waals surface area contributed by atoms with E-state index in [1.54, 1.807) is 6.20 Å². The molecule has 0 aliphatic carbocycles. The summed E-state index contributed by atoms with van der Waals surface area (Å²) in [5.41, 5.74) is 0.618. The summed E-state index contributed by atoms with van der Waals surface area (Å²) >= 11 is 3.33. The Kier molecular flexibility index (Phi) is 7.84. The van der Waals surface area contributed by atoms with Crippen LogP contribution in [0.5, 0.6) is 0 Å². The number of aryl methyl sites for hydroxylation is 1. The van der Waals surface area contributed by atoms with E-state index in [9.17, 15) is 4.79 Å². The molecule has 0 fully saturated rings. The van der Waals surface area contributed by atoms with Gasteiger partial charge in [-0.1, -0.05) is 20.8 Å². The van der Waals surface area contributed by atoms with Gasteiger partial charge in [-0.25, -0.2) is 4.68 Å². The Labute approximate surface area is 128 Å². The van der Waals surface area contributed by atoms with Crippen molar-refractivity contribution in [2.75, 3.05) is 25.1 Å². The van der Waals surface area contributed by atoms with Crippen LogP contribution in [0.15, 0.2) is 15.5 Å². The highest BCUT2D eigenvalue weighted by Gasteiger charge is 2.07. The molecule has 5 nitrogen and oxygen atoms in total. The zero-order valence-electron chi connectivity index (χ0n) is 12.5. The van der Waals surface area contributed by atoms with Gasteiger partial charge in [0.1, 0.15) is 4.47 Å². The normalized spacial score (nSPS) is 11.1. The van der Waals surface area contributed by atoms with Crippen LogP contribution in [0.1, 0.15) is 33.6 Å². The monoisotopic (exact) mass is 345 g/mol. The molecule has 0 aliphatic rings. The number of ether oxygens (including phenoxy) is 1. The van der Waals surface area contributed by atoms with E-state index in [-0.39, 0.29) is 5.56 Å². The molecule has 1 rings (SSSR count). The van der Waals surface area contributed by atoms with Crippen LogP contribution in [0.4, 0.5) is 5.69 Å². The smallest absolute Gasteiger partial charge is 0.283 e. The SMILES string of the molecule is CCCn1ncc(NCCOCCC(C)C)c(Br)c1=O. The summed E-state index contributed by atoms with van der Waals surface area (Å²) in [5.74, 6) is 0.660. The molecule has 6 heteroatoms. The van der Waals surface area contributed by atoms with Gasteiger partial charge < -0.3 is 10.1 Å². The van der Waals surface area contributed by atoms with E-state index in [1.165, 1.54) is 4.68 Å². The first kappa shape index (κ1) is 17.2. The molecule has 0 saturated carbocycles. The third-order valence-corrected chi connectivity index (χ3v) is 3.59. The van der Waals surface area contributed by atoms with Crippen LogP contribution in [0.25, 0.3) is 0 Å². The Morgan fingerprint density at radius 3 is 2.85 bits per heavy atom. The van der Waals surface area contributed by atoms with E-state index < -0.39 is 0 Å². The Balaban J connectivity index is 2.41. The second-order valence-corrected chi connectivity index (χ2v) is 5.92. The number of aromatic nitrogens is 2. The second kappa shape index (κ2) is 9.13. The second-order valence-electron chi connectivity index (χ2n) is 5.12. The maximum Gasteiger partial charge on any atom is 0.283 e. The third-order valence-electron chi connectivity index (χ3n) is 2.82. The van der Waals surface area contributed by atoms with Gasteiger partial charge in [-0.15, -0.1) is 0 Å². The number of hydrogen-bond donors (Lipinski definition) is 1. The minimum atomic E-state index is -0.0995. The van der Waals surface area contributed by atoms with Crippen LogP contribution in [0, 0.1) is 5.92 Å². The van der Waals surface area contributed by atoms with Crippen LogP contribution in [0.2, 0.25) is 0 Å². The summed E-state index contributed by atoms with van der Waals surface area (Å²) < 4.78 is 7.51. The van der Waals surface area contributed by atoms with Crippen molar-refractivity contribution < 1.29 is 4.74 Å². The molecule has 114 valence electrons. The highest BCUT2D eigenvalue weighted by Crippen LogP contribution is 2.15. The summed E-state index contributed by atoms with van der Waals surface area (Å²) in [7, 11) is 0. The van der Waals surface area contributed by atoms with Gasteiger partial charge in [0.25, 0.3) is 5.56 Å². The number of nitrogens with zero attached hydrogens (tertiary/aromatic N) is 2. The van der Waals surface area contributed by atoms with Crippen LogP contribution in [0.3, 0.4) is 0 Å².